The molecule has 0 amide bonds. The van der Waals surface area contributed by atoms with Crippen LogP contribution < -0.4 is 16.0 Å². The summed E-state index contributed by atoms with van der Waals surface area (Å²) < 4.78 is 0. The first-order chi connectivity index (χ1) is 9.86. The number of rotatable bonds is 8. The number of nitrogens with zero attached hydrogens (tertiary/aromatic N) is 2. The van der Waals surface area contributed by atoms with Gasteiger partial charge in [-0.2, -0.15) is 0 Å². The van der Waals surface area contributed by atoms with Crippen molar-refractivity contribution in [3.05, 3.63) is 24.3 Å². The van der Waals surface area contributed by atoms with Crippen LogP contribution in [0.1, 0.15) is 33.1 Å². The summed E-state index contributed by atoms with van der Waals surface area (Å²) in [6, 6.07) is 8.36. The summed E-state index contributed by atoms with van der Waals surface area (Å²) in [5.41, 5.74) is 7.75. The summed E-state index contributed by atoms with van der Waals surface area (Å²) in [7, 11) is 4.07. The third-order valence-corrected chi connectivity index (χ3v) is 3.72. The second-order valence-corrected chi connectivity index (χ2v) is 6.20. The van der Waals surface area contributed by atoms with E-state index in [0.29, 0.717) is 5.84 Å². The molecule has 0 aliphatic carbocycles. The van der Waals surface area contributed by atoms with Crippen molar-refractivity contribution in [1.82, 2.24) is 0 Å². The highest BCUT2D eigenvalue weighted by Crippen LogP contribution is 2.23. The molecule has 0 aliphatic heterocycles. The number of hydrogen-bond donors (Lipinski definition) is 3. The van der Waals surface area contributed by atoms with Gasteiger partial charge in [-0.05, 0) is 31.0 Å². The number of benzene rings is 1. The van der Waals surface area contributed by atoms with Gasteiger partial charge in [-0.15, -0.1) is 0 Å². The minimum Gasteiger partial charge on any atom is -0.409 e. The Morgan fingerprint density at radius 2 is 2.05 bits per heavy atom. The maximum absolute atomic E-state index is 8.74. The predicted octanol–water partition coefficient (Wildman–Crippen LogP) is 3.11. The largest absolute Gasteiger partial charge is 0.409 e. The number of oxime groups is 1. The SMILES string of the molecule is CN(C)c1cccc(NCCCCC(C)(C)/C(N)=N/O)c1. The van der Waals surface area contributed by atoms with Crippen LogP contribution >= 0.6 is 0 Å². The molecule has 1 rings (SSSR count). The van der Waals surface area contributed by atoms with Crippen LogP contribution in [0.2, 0.25) is 0 Å². The van der Waals surface area contributed by atoms with Gasteiger partial charge in [0.15, 0.2) is 0 Å². The second-order valence-electron chi connectivity index (χ2n) is 6.20. The molecule has 0 radical (unpaired) electrons. The van der Waals surface area contributed by atoms with E-state index in [-0.39, 0.29) is 5.41 Å². The maximum Gasteiger partial charge on any atom is 0.144 e. The van der Waals surface area contributed by atoms with Crippen molar-refractivity contribution >= 4 is 17.2 Å². The topological polar surface area (TPSA) is 73.9 Å². The Morgan fingerprint density at radius 1 is 1.33 bits per heavy atom. The fourth-order valence-corrected chi connectivity index (χ4v) is 2.08. The van der Waals surface area contributed by atoms with Gasteiger partial charge >= 0.3 is 0 Å². The zero-order chi connectivity index (χ0) is 15.9. The third kappa shape index (κ3) is 5.53. The minimum absolute atomic E-state index is 0.250. The maximum atomic E-state index is 8.74. The van der Waals surface area contributed by atoms with Crippen LogP contribution in [0.3, 0.4) is 0 Å². The molecule has 5 heteroatoms. The van der Waals surface area contributed by atoms with Crippen molar-refractivity contribution < 1.29 is 5.21 Å². The van der Waals surface area contributed by atoms with E-state index in [9.17, 15) is 0 Å². The lowest BCUT2D eigenvalue weighted by molar-refractivity contribution is 0.304. The van der Waals surface area contributed by atoms with E-state index in [1.54, 1.807) is 0 Å². The van der Waals surface area contributed by atoms with Crippen LogP contribution in [-0.2, 0) is 0 Å². The lowest BCUT2D eigenvalue weighted by Gasteiger charge is -2.22. The van der Waals surface area contributed by atoms with Crippen LogP contribution in [0.25, 0.3) is 0 Å². The van der Waals surface area contributed by atoms with Gasteiger partial charge in [0.2, 0.25) is 0 Å². The number of amidine groups is 1. The molecule has 0 spiro atoms. The van der Waals surface area contributed by atoms with Gasteiger partial charge in [0, 0.05) is 37.4 Å². The summed E-state index contributed by atoms with van der Waals surface area (Å²) in [4.78, 5) is 2.09. The smallest absolute Gasteiger partial charge is 0.144 e. The molecule has 5 nitrogen and oxygen atoms in total. The number of hydrogen-bond acceptors (Lipinski definition) is 4. The predicted molar refractivity (Wildman–Crippen MR) is 90.3 cm³/mol. The average Bonchev–Trinajstić information content (AvgIpc) is 2.46. The van der Waals surface area contributed by atoms with E-state index in [2.05, 4.69) is 39.6 Å². The van der Waals surface area contributed by atoms with Gasteiger partial charge in [0.05, 0.1) is 0 Å². The molecule has 118 valence electrons. The van der Waals surface area contributed by atoms with Crippen molar-refractivity contribution in [3.8, 4) is 0 Å². The molecule has 0 saturated carbocycles. The molecule has 4 N–H and O–H groups in total. The normalized spacial score (nSPS) is 12.3. The van der Waals surface area contributed by atoms with Crippen molar-refractivity contribution in [3.63, 3.8) is 0 Å². The molecular weight excluding hydrogens is 264 g/mol. The molecule has 21 heavy (non-hydrogen) atoms. The lowest BCUT2D eigenvalue weighted by atomic mass is 9.86. The van der Waals surface area contributed by atoms with Crippen molar-refractivity contribution in [2.75, 3.05) is 30.9 Å². The van der Waals surface area contributed by atoms with E-state index < -0.39 is 0 Å². The summed E-state index contributed by atoms with van der Waals surface area (Å²) >= 11 is 0. The fourth-order valence-electron chi connectivity index (χ4n) is 2.08. The van der Waals surface area contributed by atoms with Crippen LogP contribution in [0, 0.1) is 5.41 Å². The first-order valence-electron chi connectivity index (χ1n) is 7.36. The Morgan fingerprint density at radius 3 is 2.67 bits per heavy atom. The summed E-state index contributed by atoms with van der Waals surface area (Å²) in [5, 5.41) is 15.3. The molecule has 0 atom stereocenters. The highest BCUT2D eigenvalue weighted by atomic mass is 16.4. The van der Waals surface area contributed by atoms with E-state index in [0.717, 1.165) is 31.5 Å². The summed E-state index contributed by atoms with van der Waals surface area (Å²) in [6.45, 7) is 4.91. The first kappa shape index (κ1) is 17.1. The highest BCUT2D eigenvalue weighted by molar-refractivity contribution is 5.85. The van der Waals surface area contributed by atoms with Gasteiger partial charge in [-0.3, -0.25) is 0 Å². The molecule has 0 saturated heterocycles. The van der Waals surface area contributed by atoms with Crippen LogP contribution in [-0.4, -0.2) is 31.7 Å². The number of nitrogens with one attached hydrogen (secondary N) is 1. The van der Waals surface area contributed by atoms with E-state index in [4.69, 9.17) is 10.9 Å². The quantitative estimate of drug-likeness (QED) is 0.226. The van der Waals surface area contributed by atoms with Crippen molar-refractivity contribution in [2.24, 2.45) is 16.3 Å². The standard InChI is InChI=1S/C16H28N4O/c1-16(2,15(17)19-21)10-5-6-11-18-13-8-7-9-14(12-13)20(3)4/h7-9,12,18,21H,5-6,10-11H2,1-4H3,(H2,17,19). The second kappa shape index (κ2) is 7.76. The molecule has 0 heterocycles. The van der Waals surface area contributed by atoms with Crippen LogP contribution in [0.5, 0.6) is 0 Å². The number of unbranched alkanes of at least 4 members (excludes halogenated alkanes) is 1. The Hall–Kier alpha value is -1.91. The van der Waals surface area contributed by atoms with Crippen molar-refractivity contribution in [2.45, 2.75) is 33.1 Å². The lowest BCUT2D eigenvalue weighted by Crippen LogP contribution is -2.31. The number of anilines is 2. The zero-order valence-corrected chi connectivity index (χ0v) is 13.6. The molecule has 0 unspecified atom stereocenters. The first-order valence-corrected chi connectivity index (χ1v) is 7.36. The highest BCUT2D eigenvalue weighted by Gasteiger charge is 2.22. The molecule has 1 aromatic rings. The van der Waals surface area contributed by atoms with Gasteiger partial charge in [0.1, 0.15) is 5.84 Å². The molecule has 1 aromatic carbocycles. The van der Waals surface area contributed by atoms with Gasteiger partial charge in [0.25, 0.3) is 0 Å². The fraction of sp³-hybridized carbons (Fsp3) is 0.562. The Kier molecular flexibility index (Phi) is 6.34. The Labute approximate surface area is 127 Å². The average molecular weight is 292 g/mol. The van der Waals surface area contributed by atoms with E-state index in [1.165, 1.54) is 5.69 Å². The molecule has 0 aliphatic rings. The van der Waals surface area contributed by atoms with Gasteiger partial charge in [-0.25, -0.2) is 0 Å². The monoisotopic (exact) mass is 292 g/mol. The summed E-state index contributed by atoms with van der Waals surface area (Å²) in [5.74, 6) is 0.300. The van der Waals surface area contributed by atoms with Crippen LogP contribution in [0.15, 0.2) is 29.4 Å². The molecular formula is C16H28N4O. The third-order valence-electron chi connectivity index (χ3n) is 3.72. The van der Waals surface area contributed by atoms with Gasteiger partial charge in [-0.1, -0.05) is 31.5 Å². The summed E-state index contributed by atoms with van der Waals surface area (Å²) in [6.07, 6.45) is 2.99. The van der Waals surface area contributed by atoms with E-state index in [1.807, 2.05) is 27.9 Å². The molecule has 0 aromatic heterocycles. The Balaban J connectivity index is 2.33. The van der Waals surface area contributed by atoms with Crippen LogP contribution in [0.4, 0.5) is 11.4 Å². The minimum atomic E-state index is -0.250. The molecule has 0 bridgehead atoms. The number of nitrogens with two attached hydrogens (primary N) is 1. The molecule has 0 fully saturated rings. The van der Waals surface area contributed by atoms with Crippen molar-refractivity contribution in [1.29, 1.82) is 0 Å². The zero-order valence-electron chi connectivity index (χ0n) is 13.6. The van der Waals surface area contributed by atoms with E-state index >= 15 is 0 Å². The van der Waals surface area contributed by atoms with Gasteiger partial charge < -0.3 is 21.2 Å². The Bertz CT molecular complexity index is 469.